The van der Waals surface area contributed by atoms with Crippen LogP contribution in [0.3, 0.4) is 0 Å². The second-order valence-corrected chi connectivity index (χ2v) is 7.85. The van der Waals surface area contributed by atoms with Gasteiger partial charge in [0.25, 0.3) is 5.92 Å². The summed E-state index contributed by atoms with van der Waals surface area (Å²) in [5, 5.41) is 8.68. The predicted molar refractivity (Wildman–Crippen MR) is 82.1 cm³/mol. The Morgan fingerprint density at radius 2 is 1.95 bits per heavy atom. The van der Waals surface area contributed by atoms with E-state index in [1.807, 2.05) is 0 Å². The van der Waals surface area contributed by atoms with Gasteiger partial charge in [0.2, 0.25) is 0 Å². The summed E-state index contributed by atoms with van der Waals surface area (Å²) in [6.07, 6.45) is 1.33. The van der Waals surface area contributed by atoms with Gasteiger partial charge in [-0.15, -0.1) is 0 Å². The molecule has 0 spiro atoms. The first-order valence-corrected chi connectivity index (χ1v) is 7.78. The van der Waals surface area contributed by atoms with Crippen LogP contribution in [0.1, 0.15) is 38.8 Å². The van der Waals surface area contributed by atoms with E-state index in [1.54, 1.807) is 20.8 Å². The molecule has 22 heavy (non-hydrogen) atoms. The molecule has 1 rings (SSSR count). The van der Waals surface area contributed by atoms with E-state index in [-0.39, 0.29) is 5.56 Å². The summed E-state index contributed by atoms with van der Waals surface area (Å²) < 4.78 is 55.2. The van der Waals surface area contributed by atoms with Crippen molar-refractivity contribution in [2.75, 3.05) is 6.61 Å². The van der Waals surface area contributed by atoms with Gasteiger partial charge in [0.1, 0.15) is 17.2 Å². The van der Waals surface area contributed by atoms with E-state index < -0.39 is 40.0 Å². The van der Waals surface area contributed by atoms with Gasteiger partial charge in [-0.05, 0) is 39.3 Å². The summed E-state index contributed by atoms with van der Waals surface area (Å²) in [5.41, 5.74) is -0.577. The van der Waals surface area contributed by atoms with E-state index in [0.29, 0.717) is 5.57 Å². The highest BCUT2D eigenvalue weighted by atomic mass is 32.2. The number of aliphatic hydroxyl groups excluding tert-OH is 1. The maximum Gasteiger partial charge on any atom is 0.298 e. The van der Waals surface area contributed by atoms with Crippen molar-refractivity contribution in [2.45, 2.75) is 38.4 Å². The average Bonchev–Trinajstić information content (AvgIpc) is 2.43. The van der Waals surface area contributed by atoms with Gasteiger partial charge in [-0.1, -0.05) is 12.1 Å². The van der Waals surface area contributed by atoms with Gasteiger partial charge in [-0.2, -0.15) is 8.78 Å². The minimum absolute atomic E-state index is 0.0379. The Morgan fingerprint density at radius 1 is 1.36 bits per heavy atom. The topological polar surface area (TPSA) is 55.3 Å². The lowest BCUT2D eigenvalue weighted by Crippen LogP contribution is -2.36. The molecule has 0 amide bonds. The first kappa shape index (κ1) is 18.9. The summed E-state index contributed by atoms with van der Waals surface area (Å²) in [6, 6.07) is 3.57. The van der Waals surface area contributed by atoms with Gasteiger partial charge in [0, 0.05) is 11.8 Å². The number of aliphatic hydroxyl groups is 1. The number of allylic oxidation sites excluding steroid dienone is 1. The molecule has 3 nitrogen and oxygen atoms in total. The molecule has 1 aromatic rings. The van der Waals surface area contributed by atoms with Crippen molar-refractivity contribution in [3.05, 3.63) is 41.3 Å². The molecule has 0 fully saturated rings. The average molecular weight is 335 g/mol. The van der Waals surface area contributed by atoms with E-state index in [9.17, 15) is 17.7 Å². The molecule has 0 aromatic heterocycles. The molecular formula is C15H20F3NO2S. The zero-order valence-corrected chi connectivity index (χ0v) is 13.7. The third kappa shape index (κ3) is 4.41. The van der Waals surface area contributed by atoms with Crippen LogP contribution in [0.4, 0.5) is 13.2 Å². The van der Waals surface area contributed by atoms with E-state index in [4.69, 9.17) is 5.11 Å². The molecule has 2 N–H and O–H groups in total. The Morgan fingerprint density at radius 3 is 2.45 bits per heavy atom. The van der Waals surface area contributed by atoms with E-state index in [2.05, 4.69) is 4.72 Å². The highest BCUT2D eigenvalue weighted by molar-refractivity contribution is 7.90. The van der Waals surface area contributed by atoms with Crippen LogP contribution < -0.4 is 4.72 Å². The number of nitrogens with one attached hydrogen (secondary N) is 1. The van der Waals surface area contributed by atoms with Crippen LogP contribution in [0.15, 0.2) is 24.4 Å². The quantitative estimate of drug-likeness (QED) is 0.812. The number of hydrogen-bond donors (Lipinski definition) is 2. The molecule has 7 heteroatoms. The highest BCUT2D eigenvalue weighted by Gasteiger charge is 2.34. The van der Waals surface area contributed by atoms with Crippen LogP contribution in [-0.2, 0) is 17.3 Å². The van der Waals surface area contributed by atoms with Crippen LogP contribution in [0, 0.1) is 5.82 Å². The lowest BCUT2D eigenvalue weighted by atomic mass is 10.0. The number of rotatable bonds is 5. The minimum Gasteiger partial charge on any atom is -0.593 e. The van der Waals surface area contributed by atoms with Crippen molar-refractivity contribution in [2.24, 2.45) is 0 Å². The van der Waals surface area contributed by atoms with E-state index >= 15 is 0 Å². The molecule has 0 saturated carbocycles. The molecular weight excluding hydrogens is 315 g/mol. The number of hydrogen-bond acceptors (Lipinski definition) is 3. The van der Waals surface area contributed by atoms with Crippen LogP contribution >= 0.6 is 0 Å². The summed E-state index contributed by atoms with van der Waals surface area (Å²) in [5.74, 6) is -4.75. The number of benzene rings is 1. The Hall–Kier alpha value is -1.18. The Labute approximate surface area is 131 Å². The van der Waals surface area contributed by atoms with E-state index in [0.717, 1.165) is 6.07 Å². The number of halogens is 3. The molecule has 0 bridgehead atoms. The molecule has 0 aliphatic rings. The molecule has 0 aliphatic heterocycles. The predicted octanol–water partition coefficient (Wildman–Crippen LogP) is 3.32. The van der Waals surface area contributed by atoms with Crippen molar-refractivity contribution >= 4 is 16.9 Å². The molecule has 1 unspecified atom stereocenters. The lowest BCUT2D eigenvalue weighted by Gasteiger charge is -2.23. The van der Waals surface area contributed by atoms with Crippen molar-refractivity contribution < 1.29 is 22.8 Å². The summed E-state index contributed by atoms with van der Waals surface area (Å²) in [6.45, 7) is 5.35. The van der Waals surface area contributed by atoms with Crippen LogP contribution in [0.5, 0.6) is 0 Å². The van der Waals surface area contributed by atoms with Crippen molar-refractivity contribution in [1.29, 1.82) is 0 Å². The minimum atomic E-state index is -3.65. The highest BCUT2D eigenvalue weighted by Crippen LogP contribution is 2.32. The third-order valence-electron chi connectivity index (χ3n) is 2.95. The fourth-order valence-corrected chi connectivity index (χ4v) is 2.24. The molecule has 0 saturated heterocycles. The SMILES string of the molecule is C/C(=C\N[S+]([O-])C(C)(C)C)c1cccc(C(F)(F)CO)c1F. The first-order chi connectivity index (χ1) is 10.0. The Kier molecular flexibility index (Phi) is 5.95. The normalized spacial score (nSPS) is 14.9. The summed E-state index contributed by atoms with van der Waals surface area (Å²) >= 11 is -1.40. The van der Waals surface area contributed by atoms with Gasteiger partial charge in [-0.3, -0.25) is 0 Å². The molecule has 0 radical (unpaired) electrons. The third-order valence-corrected chi connectivity index (χ3v) is 4.40. The monoisotopic (exact) mass is 335 g/mol. The molecule has 0 heterocycles. The molecule has 1 aromatic carbocycles. The van der Waals surface area contributed by atoms with Crippen molar-refractivity contribution in [1.82, 2.24) is 4.72 Å². The Balaban J connectivity index is 3.10. The zero-order chi connectivity index (χ0) is 17.1. The summed E-state index contributed by atoms with van der Waals surface area (Å²) in [7, 11) is 0. The lowest BCUT2D eigenvalue weighted by molar-refractivity contribution is -0.0583. The van der Waals surface area contributed by atoms with Gasteiger partial charge < -0.3 is 9.66 Å². The smallest absolute Gasteiger partial charge is 0.298 e. The van der Waals surface area contributed by atoms with Crippen LogP contribution in [-0.4, -0.2) is 21.0 Å². The Bertz CT molecular complexity index is 556. The zero-order valence-electron chi connectivity index (χ0n) is 12.9. The second kappa shape index (κ2) is 6.93. The van der Waals surface area contributed by atoms with Crippen LogP contribution in [0.25, 0.3) is 5.57 Å². The maximum absolute atomic E-state index is 14.2. The van der Waals surface area contributed by atoms with Crippen molar-refractivity contribution in [3.8, 4) is 0 Å². The standard InChI is InChI=1S/C15H20F3NO2S/c1-10(8-19-22(21)14(2,3)4)11-6-5-7-12(13(11)16)15(17,18)9-20/h5-8,19-20H,9H2,1-4H3/b10-8+. The van der Waals surface area contributed by atoms with Gasteiger partial charge in [0.15, 0.2) is 0 Å². The molecule has 124 valence electrons. The fourth-order valence-electron chi connectivity index (χ4n) is 1.60. The largest absolute Gasteiger partial charge is 0.593 e. The van der Waals surface area contributed by atoms with Crippen molar-refractivity contribution in [3.63, 3.8) is 0 Å². The maximum atomic E-state index is 14.2. The van der Waals surface area contributed by atoms with Crippen LogP contribution in [0.2, 0.25) is 0 Å². The number of alkyl halides is 2. The molecule has 0 aliphatic carbocycles. The van der Waals surface area contributed by atoms with Gasteiger partial charge in [0.05, 0.1) is 16.9 Å². The summed E-state index contributed by atoms with van der Waals surface area (Å²) in [4.78, 5) is 0. The fraction of sp³-hybridized carbons (Fsp3) is 0.467. The van der Waals surface area contributed by atoms with Gasteiger partial charge >= 0.3 is 0 Å². The van der Waals surface area contributed by atoms with Gasteiger partial charge in [-0.25, -0.2) is 9.11 Å². The molecule has 1 atom stereocenters. The van der Waals surface area contributed by atoms with E-state index in [1.165, 1.54) is 25.3 Å². The first-order valence-electron chi connectivity index (χ1n) is 6.63. The second-order valence-electron chi connectivity index (χ2n) is 5.86.